The number of aliphatic carboxylic acids is 1. The highest BCUT2D eigenvalue weighted by Crippen LogP contribution is 2.70. The zero-order chi connectivity index (χ0) is 37.2. The summed E-state index contributed by atoms with van der Waals surface area (Å²) in [6.07, 6.45) is -12.8. The smallest absolute Gasteiger partial charge is 0.306 e. The highest BCUT2D eigenvalue weighted by atomic mass is 16.8. The quantitative estimate of drug-likeness (QED) is 0.0828. The average Bonchev–Trinajstić information content (AvgIpc) is 3.25. The summed E-state index contributed by atoms with van der Waals surface area (Å²) in [6, 6.07) is 0. The lowest BCUT2D eigenvalue weighted by atomic mass is 9.43. The molecule has 0 unspecified atom stereocenters. The molecule has 2 bridgehead atoms. The number of hydrogen-bond acceptors (Lipinski definition) is 14. The molecule has 1 spiro atoms. The Morgan fingerprint density at radius 3 is 2.22 bits per heavy atom. The lowest BCUT2D eigenvalue weighted by molar-refractivity contribution is -0.365. The normalized spacial score (nSPS) is 49.7. The molecule has 4 aliphatic carbocycles. The standard InChI is InChI=1S/C36H56O15/c1-15(2)9-24(39)50-30-28(43)29(51-33-27(42)26(41)25(40)21(13-37)48-33)22(14-38)49-34(30)47-18-10-19(32(45)46)20-7-8-36-11-17(16(3)31(36)44)5-6-23(36)35(20,4)12-18/h15,17-23,25-31,33-34,37-38,40-44H,3,5-14H2,1-2,4H3,(H,45,46)/t17-,18-,19-,20-,21-,22-,23+,25-,26+,27-,28+,29-,30-,31+,33+,34-,35-,36-/m1/s1. The molecule has 2 saturated heterocycles. The Kier molecular flexibility index (Phi) is 11.3. The Bertz CT molecular complexity index is 1290. The van der Waals surface area contributed by atoms with E-state index in [9.17, 15) is 50.4 Å². The van der Waals surface area contributed by atoms with Gasteiger partial charge in [0.15, 0.2) is 18.7 Å². The average molecular weight is 729 g/mol. The molecule has 290 valence electrons. The van der Waals surface area contributed by atoms with Crippen LogP contribution in [0, 0.1) is 40.4 Å². The molecular formula is C36H56O15. The number of esters is 1. The molecule has 2 heterocycles. The number of carbonyl (C=O) groups is 2. The molecule has 0 amide bonds. The second kappa shape index (κ2) is 14.8. The van der Waals surface area contributed by atoms with Gasteiger partial charge in [-0.3, -0.25) is 9.59 Å². The summed E-state index contributed by atoms with van der Waals surface area (Å²) in [7, 11) is 0. The van der Waals surface area contributed by atoms with Crippen molar-refractivity contribution in [1.29, 1.82) is 0 Å². The van der Waals surface area contributed by atoms with Crippen LogP contribution in [0.3, 0.4) is 0 Å². The summed E-state index contributed by atoms with van der Waals surface area (Å²) in [5.74, 6) is -2.41. The van der Waals surface area contributed by atoms with Gasteiger partial charge in [-0.25, -0.2) is 0 Å². The first-order valence-corrected chi connectivity index (χ1v) is 18.4. The van der Waals surface area contributed by atoms with Crippen molar-refractivity contribution in [3.8, 4) is 0 Å². The van der Waals surface area contributed by atoms with Crippen LogP contribution in [0.1, 0.15) is 72.1 Å². The van der Waals surface area contributed by atoms with E-state index in [1.165, 1.54) is 0 Å². The van der Waals surface area contributed by atoms with Crippen molar-refractivity contribution >= 4 is 11.9 Å². The molecule has 0 radical (unpaired) electrons. The predicted octanol–water partition coefficient (Wildman–Crippen LogP) is -0.163. The van der Waals surface area contributed by atoms with Crippen LogP contribution < -0.4 is 0 Å². The molecule has 18 atom stereocenters. The van der Waals surface area contributed by atoms with Gasteiger partial charge in [-0.1, -0.05) is 27.4 Å². The minimum Gasteiger partial charge on any atom is -0.481 e. The highest BCUT2D eigenvalue weighted by molar-refractivity contribution is 5.71. The summed E-state index contributed by atoms with van der Waals surface area (Å²) in [5.41, 5.74) is -0.0630. The first kappa shape index (κ1) is 38.9. The summed E-state index contributed by atoms with van der Waals surface area (Å²) < 4.78 is 29.7. The van der Waals surface area contributed by atoms with Gasteiger partial charge in [0, 0.05) is 11.8 Å². The molecule has 0 aromatic heterocycles. The summed E-state index contributed by atoms with van der Waals surface area (Å²) in [4.78, 5) is 25.9. The molecule has 2 aliphatic heterocycles. The van der Waals surface area contributed by atoms with E-state index in [0.717, 1.165) is 31.3 Å². The van der Waals surface area contributed by atoms with E-state index in [2.05, 4.69) is 13.5 Å². The van der Waals surface area contributed by atoms with Gasteiger partial charge >= 0.3 is 11.9 Å². The van der Waals surface area contributed by atoms with E-state index >= 15 is 0 Å². The number of rotatable bonds is 10. The Labute approximate surface area is 297 Å². The second-order valence-corrected chi connectivity index (χ2v) is 16.6. The van der Waals surface area contributed by atoms with Gasteiger partial charge < -0.3 is 64.5 Å². The molecule has 15 nitrogen and oxygen atoms in total. The van der Waals surface area contributed by atoms with Crippen molar-refractivity contribution in [3.63, 3.8) is 0 Å². The maximum absolute atomic E-state index is 13.0. The van der Waals surface area contributed by atoms with Crippen LogP contribution in [0.4, 0.5) is 0 Å². The molecule has 6 aliphatic rings. The number of aliphatic hydroxyl groups excluding tert-OH is 7. The van der Waals surface area contributed by atoms with Crippen molar-refractivity contribution in [2.75, 3.05) is 13.2 Å². The third-order valence-corrected chi connectivity index (χ3v) is 13.2. The van der Waals surface area contributed by atoms with Crippen LogP contribution in [-0.2, 0) is 33.3 Å². The van der Waals surface area contributed by atoms with Crippen molar-refractivity contribution in [1.82, 2.24) is 0 Å². The van der Waals surface area contributed by atoms with Crippen LogP contribution in [0.5, 0.6) is 0 Å². The van der Waals surface area contributed by atoms with Crippen molar-refractivity contribution in [3.05, 3.63) is 12.2 Å². The fraction of sp³-hybridized carbons (Fsp3) is 0.889. The van der Waals surface area contributed by atoms with Crippen LogP contribution in [0.25, 0.3) is 0 Å². The summed E-state index contributed by atoms with van der Waals surface area (Å²) in [6.45, 7) is 8.48. The first-order chi connectivity index (χ1) is 24.1. The largest absolute Gasteiger partial charge is 0.481 e. The zero-order valence-electron chi connectivity index (χ0n) is 29.5. The number of carboxylic acid groups (broad SMARTS) is 1. The van der Waals surface area contributed by atoms with Gasteiger partial charge in [0.05, 0.1) is 31.3 Å². The Hall–Kier alpha value is -1.76. The maximum Gasteiger partial charge on any atom is 0.306 e. The van der Waals surface area contributed by atoms with Crippen LogP contribution in [-0.4, -0.2) is 140 Å². The maximum atomic E-state index is 13.0. The van der Waals surface area contributed by atoms with E-state index in [1.807, 2.05) is 13.8 Å². The molecule has 51 heavy (non-hydrogen) atoms. The Morgan fingerprint density at radius 2 is 1.57 bits per heavy atom. The van der Waals surface area contributed by atoms with E-state index in [1.54, 1.807) is 0 Å². The number of carboxylic acids is 1. The SMILES string of the molecule is C=C1[C@@H]2CC[C@H]3[C@]4(C)C[C@H](O[C@@H]5O[C@H](CO)[C@@H](O[C@@H]6O[C@H](CO)[C@@H](O)[C@H](O)[C@H]6O)[C@H](O)[C@H]5OC(=O)CC(C)C)C[C@@H](C(=O)O)[C@H]4CC[C@]3(C2)[C@H]1O. The molecule has 0 aromatic rings. The lowest BCUT2D eigenvalue weighted by Crippen LogP contribution is -2.66. The Balaban J connectivity index is 1.27. The van der Waals surface area contributed by atoms with Gasteiger partial charge in [0.25, 0.3) is 0 Å². The topological polar surface area (TPSA) is 242 Å². The molecule has 15 heteroatoms. The molecule has 6 fully saturated rings. The molecular weight excluding hydrogens is 672 g/mol. The third-order valence-electron chi connectivity index (χ3n) is 13.2. The number of hydrogen-bond donors (Lipinski definition) is 8. The minimum absolute atomic E-state index is 0.0136. The van der Waals surface area contributed by atoms with Crippen molar-refractivity contribution in [2.24, 2.45) is 40.4 Å². The number of carbonyl (C=O) groups excluding carboxylic acids is 1. The highest BCUT2D eigenvalue weighted by Gasteiger charge is 2.67. The van der Waals surface area contributed by atoms with Crippen LogP contribution in [0.2, 0.25) is 0 Å². The van der Waals surface area contributed by atoms with E-state index in [4.69, 9.17) is 23.7 Å². The first-order valence-electron chi connectivity index (χ1n) is 18.4. The van der Waals surface area contributed by atoms with Gasteiger partial charge in [0.1, 0.15) is 42.7 Å². The van der Waals surface area contributed by atoms with E-state index < -0.39 is 110 Å². The third kappa shape index (κ3) is 6.79. The monoisotopic (exact) mass is 728 g/mol. The van der Waals surface area contributed by atoms with Crippen molar-refractivity contribution in [2.45, 2.75) is 146 Å². The molecule has 0 aromatic carbocycles. The lowest BCUT2D eigenvalue weighted by Gasteiger charge is -2.62. The second-order valence-electron chi connectivity index (χ2n) is 16.6. The number of ether oxygens (including phenoxy) is 5. The van der Waals surface area contributed by atoms with Gasteiger partial charge in [0.2, 0.25) is 0 Å². The zero-order valence-corrected chi connectivity index (χ0v) is 29.5. The van der Waals surface area contributed by atoms with Gasteiger partial charge in [-0.05, 0) is 79.6 Å². The van der Waals surface area contributed by atoms with Gasteiger partial charge in [-0.2, -0.15) is 0 Å². The minimum atomic E-state index is -1.82. The molecule has 8 N–H and O–H groups in total. The summed E-state index contributed by atoms with van der Waals surface area (Å²) in [5, 5.41) is 84.9. The van der Waals surface area contributed by atoms with E-state index in [-0.39, 0.29) is 41.9 Å². The molecule has 4 saturated carbocycles. The summed E-state index contributed by atoms with van der Waals surface area (Å²) >= 11 is 0. The molecule has 6 rings (SSSR count). The number of aliphatic hydroxyl groups is 7. The van der Waals surface area contributed by atoms with Crippen LogP contribution in [0.15, 0.2) is 12.2 Å². The predicted molar refractivity (Wildman–Crippen MR) is 174 cm³/mol. The number of fused-ring (bicyclic) bond motifs is 3. The van der Waals surface area contributed by atoms with Crippen LogP contribution >= 0.6 is 0 Å². The van der Waals surface area contributed by atoms with Gasteiger partial charge in [-0.15, -0.1) is 0 Å². The fourth-order valence-electron chi connectivity index (χ4n) is 10.8. The Morgan fingerprint density at radius 1 is 0.882 bits per heavy atom. The van der Waals surface area contributed by atoms with Crippen molar-refractivity contribution < 1.29 is 74.1 Å². The van der Waals surface area contributed by atoms with E-state index in [0.29, 0.717) is 12.8 Å². The fourth-order valence-corrected chi connectivity index (χ4v) is 10.8.